The summed E-state index contributed by atoms with van der Waals surface area (Å²) in [5.74, 6) is 1.63. The number of benzene rings is 5. The van der Waals surface area contributed by atoms with Gasteiger partial charge in [0.25, 0.3) is 0 Å². The van der Waals surface area contributed by atoms with Crippen molar-refractivity contribution in [3.05, 3.63) is 174 Å². The maximum absolute atomic E-state index is 4.23. The van der Waals surface area contributed by atoms with Gasteiger partial charge in [0.2, 0.25) is 0 Å². The van der Waals surface area contributed by atoms with Crippen molar-refractivity contribution in [1.29, 1.82) is 0 Å². The Morgan fingerprint density at radius 1 is 0.541 bits per heavy atom. The van der Waals surface area contributed by atoms with Gasteiger partial charge in [0.05, 0.1) is 0 Å². The van der Waals surface area contributed by atoms with E-state index in [4.69, 9.17) is 0 Å². The number of nitrogens with zero attached hydrogens (tertiary/aromatic N) is 5. The summed E-state index contributed by atoms with van der Waals surface area (Å²) >= 11 is 0. The summed E-state index contributed by atoms with van der Waals surface area (Å²) < 4.78 is 2.52. The van der Waals surface area contributed by atoms with Crippen LogP contribution in [0.25, 0.3) is 27.5 Å². The van der Waals surface area contributed by atoms with Gasteiger partial charge in [-0.3, -0.25) is 0 Å². The first-order valence-corrected chi connectivity index (χ1v) is 22.6. The summed E-state index contributed by atoms with van der Waals surface area (Å²) in [6.07, 6.45) is 10.1. The van der Waals surface area contributed by atoms with E-state index < -0.39 is 5.41 Å². The molecule has 4 heterocycles. The monoisotopic (exact) mass is 982 g/mol. The van der Waals surface area contributed by atoms with Crippen LogP contribution in [0.4, 0.5) is 11.4 Å². The van der Waals surface area contributed by atoms with Crippen molar-refractivity contribution in [3.63, 3.8) is 0 Å². The van der Waals surface area contributed by atoms with Gasteiger partial charge >= 0.3 is 21.1 Å². The molecule has 1 unspecified atom stereocenters. The van der Waals surface area contributed by atoms with Crippen molar-refractivity contribution < 1.29 is 21.1 Å². The second kappa shape index (κ2) is 15.6. The van der Waals surface area contributed by atoms with Crippen LogP contribution >= 0.6 is 0 Å². The zero-order valence-corrected chi connectivity index (χ0v) is 38.8. The number of hydrogen-bond acceptors (Lipinski definition) is 4. The summed E-state index contributed by atoms with van der Waals surface area (Å²) in [5, 5.41) is 2.54. The molecule has 0 spiro atoms. The van der Waals surface area contributed by atoms with Gasteiger partial charge in [-0.1, -0.05) is 86.3 Å². The molecule has 5 aliphatic rings. The first kappa shape index (κ1) is 40.3. The summed E-state index contributed by atoms with van der Waals surface area (Å²) in [6, 6.07) is 48.0. The standard InChI is InChI=1S/C55H57N5.Pt/c1-36-22-26-44(27-23-36)56-34-58(40(5)38(56)3)46-17-12-16-43(32-46)55(42-14-8-7-9-15-42)50-20-13-19-49-48-18-10-11-21-52(48)60(54(49)50)53-31-30-47(33-51(53)55)59-35-57(39(4)41(59)6)45-28-24-37(2)25-29-45;/h7-21,30-31,34-37,44-45H,22-29H2,1-6H3;/q-4;+4. The van der Waals surface area contributed by atoms with Gasteiger partial charge in [-0.05, 0) is 119 Å². The molecular weight excluding hydrogens is 926 g/mol. The molecule has 3 aliphatic heterocycles. The fraction of sp³-hybridized carbons (Fsp3) is 0.345. The Labute approximate surface area is 378 Å². The molecule has 61 heavy (non-hydrogen) atoms. The maximum Gasteiger partial charge on any atom is 4.00 e. The smallest absolute Gasteiger partial charge is 0.503 e. The zero-order chi connectivity index (χ0) is 40.9. The first-order chi connectivity index (χ1) is 29.2. The van der Waals surface area contributed by atoms with Crippen LogP contribution in [0.1, 0.15) is 115 Å². The normalized spacial score (nSPS) is 25.2. The van der Waals surface area contributed by atoms with Gasteiger partial charge in [0.1, 0.15) is 0 Å². The van der Waals surface area contributed by atoms with E-state index in [1.54, 1.807) is 0 Å². The molecule has 5 nitrogen and oxygen atoms in total. The number of aromatic nitrogens is 1. The second-order valence-electron chi connectivity index (χ2n) is 18.7. The fourth-order valence-electron chi connectivity index (χ4n) is 11.6. The molecule has 0 saturated heterocycles. The summed E-state index contributed by atoms with van der Waals surface area (Å²) in [6.45, 7) is 18.7. The molecular formula is C55H57N5Pt. The Morgan fingerprint density at radius 3 is 1.74 bits per heavy atom. The van der Waals surface area contributed by atoms with Crippen LogP contribution in [-0.2, 0) is 26.5 Å². The van der Waals surface area contributed by atoms with Crippen LogP contribution in [0.3, 0.4) is 0 Å². The number of allylic oxidation sites excluding steroid dienone is 4. The van der Waals surface area contributed by atoms with Crippen molar-refractivity contribution >= 4 is 33.2 Å². The predicted octanol–water partition coefficient (Wildman–Crippen LogP) is 13.2. The molecule has 2 aliphatic carbocycles. The largest absolute Gasteiger partial charge is 4.00 e. The maximum atomic E-state index is 4.23. The Hall–Kier alpha value is -4.73. The quantitative estimate of drug-likeness (QED) is 0.154. The molecule has 2 saturated carbocycles. The third kappa shape index (κ3) is 6.18. The Morgan fingerprint density at radius 2 is 1.10 bits per heavy atom. The Kier molecular flexibility index (Phi) is 10.3. The van der Waals surface area contributed by atoms with Gasteiger partial charge in [-0.2, -0.15) is 43.7 Å². The van der Waals surface area contributed by atoms with Gasteiger partial charge in [0.15, 0.2) is 0 Å². The van der Waals surface area contributed by atoms with Crippen molar-refractivity contribution in [1.82, 2.24) is 14.4 Å². The first-order valence-electron chi connectivity index (χ1n) is 22.6. The van der Waals surface area contributed by atoms with E-state index in [1.165, 1.54) is 113 Å². The number of para-hydroxylation sites is 2. The van der Waals surface area contributed by atoms with Crippen LogP contribution in [0.15, 0.2) is 126 Å². The van der Waals surface area contributed by atoms with Crippen molar-refractivity contribution in [2.45, 2.75) is 110 Å². The fourth-order valence-corrected chi connectivity index (χ4v) is 11.6. The predicted molar refractivity (Wildman–Crippen MR) is 247 cm³/mol. The molecule has 6 heteroatoms. The molecule has 1 aromatic heterocycles. The number of fused-ring (bicyclic) bond motifs is 5. The summed E-state index contributed by atoms with van der Waals surface area (Å²) in [7, 11) is 0. The van der Waals surface area contributed by atoms with Gasteiger partial charge in [-0.25, -0.2) is 0 Å². The van der Waals surface area contributed by atoms with Crippen LogP contribution < -0.4 is 9.80 Å². The van der Waals surface area contributed by atoms with E-state index in [-0.39, 0.29) is 21.1 Å². The minimum Gasteiger partial charge on any atom is -0.503 e. The van der Waals surface area contributed by atoms with E-state index >= 15 is 0 Å². The van der Waals surface area contributed by atoms with Crippen molar-refractivity contribution in [2.24, 2.45) is 11.8 Å². The molecule has 0 radical (unpaired) electrons. The topological polar surface area (TPSA) is 17.9 Å². The molecule has 1 atom stereocenters. The molecule has 6 aromatic rings. The van der Waals surface area contributed by atoms with Gasteiger partial charge in [-0.15, -0.1) is 34.6 Å². The zero-order valence-electron chi connectivity index (χ0n) is 36.5. The molecule has 11 rings (SSSR count). The molecule has 0 amide bonds. The molecule has 0 N–H and O–H groups in total. The minimum absolute atomic E-state index is 0. The van der Waals surface area contributed by atoms with Crippen molar-refractivity contribution in [3.8, 4) is 5.69 Å². The van der Waals surface area contributed by atoms with Gasteiger partial charge < -0.3 is 24.2 Å². The molecule has 2 fully saturated rings. The Bertz CT molecular complexity index is 2690. The SMILES string of the molecule is CC1=C(C)N(C2CCC(C)CC2)[CH-]N1c1[c-]c(C2(c3ccccc3)c3[c-]c(N4[CH-]N(C5CCC(C)CC5)C(C)=C4C)ccc3-n3c4ccccc4c4cccc2c43)ccc1.[Pt+4]. The van der Waals surface area contributed by atoms with Crippen LogP contribution in [0, 0.1) is 37.3 Å². The molecule has 5 aromatic carbocycles. The van der Waals surface area contributed by atoms with E-state index in [0.29, 0.717) is 12.1 Å². The van der Waals surface area contributed by atoms with Crippen molar-refractivity contribution in [2.75, 3.05) is 9.80 Å². The van der Waals surface area contributed by atoms with E-state index in [1.807, 2.05) is 0 Å². The van der Waals surface area contributed by atoms with Gasteiger partial charge in [0, 0.05) is 50.7 Å². The minimum atomic E-state index is -0.719. The average Bonchev–Trinajstić information content (AvgIpc) is 3.90. The Balaban J connectivity index is 0.00000445. The summed E-state index contributed by atoms with van der Waals surface area (Å²) in [4.78, 5) is 9.93. The number of rotatable bonds is 6. The average molecular weight is 983 g/mol. The van der Waals surface area contributed by atoms with E-state index in [0.717, 1.165) is 34.3 Å². The number of anilines is 2. The summed E-state index contributed by atoms with van der Waals surface area (Å²) in [5.41, 5.74) is 15.1. The van der Waals surface area contributed by atoms with E-state index in [9.17, 15) is 0 Å². The molecule has 312 valence electrons. The van der Waals surface area contributed by atoms with Crippen LogP contribution in [0.2, 0.25) is 0 Å². The van der Waals surface area contributed by atoms with E-state index in [2.05, 4.69) is 194 Å². The molecule has 0 bridgehead atoms. The third-order valence-corrected chi connectivity index (χ3v) is 15.3. The van der Waals surface area contributed by atoms with Crippen LogP contribution in [0.5, 0.6) is 0 Å². The van der Waals surface area contributed by atoms with Crippen LogP contribution in [-0.4, -0.2) is 26.5 Å². The number of hydrogen-bond donors (Lipinski definition) is 0. The second-order valence-corrected chi connectivity index (χ2v) is 18.7. The third-order valence-electron chi connectivity index (χ3n) is 15.3.